The van der Waals surface area contributed by atoms with Gasteiger partial charge in [-0.15, -0.1) is 0 Å². The Hall–Kier alpha value is -1.52. The summed E-state index contributed by atoms with van der Waals surface area (Å²) in [6.45, 7) is 3.69. The van der Waals surface area contributed by atoms with Crippen LogP contribution in [0.25, 0.3) is 0 Å². The first-order valence-corrected chi connectivity index (χ1v) is 11.1. The van der Waals surface area contributed by atoms with E-state index < -0.39 is 34.2 Å². The Labute approximate surface area is 165 Å². The minimum Gasteiger partial charge on any atom is -0.371 e. The molecule has 2 aliphatic rings. The van der Waals surface area contributed by atoms with Crippen molar-refractivity contribution in [1.29, 1.82) is 0 Å². The lowest BCUT2D eigenvalue weighted by atomic mass is 9.93. The van der Waals surface area contributed by atoms with Crippen LogP contribution in [0.3, 0.4) is 0 Å². The van der Waals surface area contributed by atoms with Gasteiger partial charge in [0.25, 0.3) is 10.1 Å². The molecule has 2 saturated heterocycles. The summed E-state index contributed by atoms with van der Waals surface area (Å²) in [7, 11) is -3.63. The maximum atomic E-state index is 12.0. The van der Waals surface area contributed by atoms with E-state index >= 15 is 0 Å². The van der Waals surface area contributed by atoms with Gasteiger partial charge in [-0.25, -0.2) is 0 Å². The van der Waals surface area contributed by atoms with E-state index in [9.17, 15) is 13.2 Å². The van der Waals surface area contributed by atoms with E-state index in [2.05, 4.69) is 5.32 Å². The number of nitrogens with one attached hydrogen (secondary N) is 1. The quantitative estimate of drug-likeness (QED) is 0.674. The summed E-state index contributed by atoms with van der Waals surface area (Å²) < 4.78 is 45.7. The zero-order valence-corrected chi connectivity index (χ0v) is 17.1. The minimum atomic E-state index is -3.63. The normalized spacial score (nSPS) is 30.2. The second-order valence-corrected chi connectivity index (χ2v) is 9.24. The molecule has 2 heterocycles. The van der Waals surface area contributed by atoms with Gasteiger partial charge in [-0.1, -0.05) is 30.3 Å². The molecule has 8 nitrogen and oxygen atoms in total. The summed E-state index contributed by atoms with van der Waals surface area (Å²) in [5.41, 5.74) is 1.03. The van der Waals surface area contributed by atoms with Crippen molar-refractivity contribution in [2.24, 2.45) is 0 Å². The molecule has 9 heteroatoms. The van der Waals surface area contributed by atoms with Crippen molar-refractivity contribution in [3.63, 3.8) is 0 Å². The second-order valence-electron chi connectivity index (χ2n) is 7.59. The Morgan fingerprint density at radius 1 is 1.21 bits per heavy atom. The monoisotopic (exact) mass is 413 g/mol. The largest absolute Gasteiger partial charge is 0.371 e. The van der Waals surface area contributed by atoms with E-state index in [1.54, 1.807) is 13.8 Å². The molecule has 28 heavy (non-hydrogen) atoms. The number of rotatable bonds is 7. The van der Waals surface area contributed by atoms with Gasteiger partial charge in [0.05, 0.1) is 31.6 Å². The van der Waals surface area contributed by atoms with E-state index in [0.29, 0.717) is 19.4 Å². The summed E-state index contributed by atoms with van der Waals surface area (Å²) in [6.07, 6.45) is 0.344. The minimum absolute atomic E-state index is 0.0966. The molecular weight excluding hydrogens is 386 g/mol. The van der Waals surface area contributed by atoms with E-state index in [1.807, 2.05) is 30.3 Å². The summed E-state index contributed by atoms with van der Waals surface area (Å²) >= 11 is 0. The van der Waals surface area contributed by atoms with Crippen molar-refractivity contribution >= 4 is 16.0 Å². The van der Waals surface area contributed by atoms with Crippen LogP contribution in [0.2, 0.25) is 0 Å². The average Bonchev–Trinajstić information content (AvgIpc) is 2.94. The predicted molar refractivity (Wildman–Crippen MR) is 101 cm³/mol. The highest BCUT2D eigenvalue weighted by molar-refractivity contribution is 7.85. The molecule has 0 bridgehead atoms. The number of ether oxygens (including phenoxy) is 3. The molecule has 4 atom stereocenters. The highest BCUT2D eigenvalue weighted by Gasteiger charge is 2.49. The van der Waals surface area contributed by atoms with Crippen LogP contribution in [0.1, 0.15) is 32.3 Å². The second kappa shape index (κ2) is 8.46. The van der Waals surface area contributed by atoms with Crippen molar-refractivity contribution in [2.45, 2.75) is 63.4 Å². The molecule has 1 amide bonds. The summed E-state index contributed by atoms with van der Waals surface area (Å²) in [5, 5.41) is 2.94. The molecule has 2 fully saturated rings. The van der Waals surface area contributed by atoms with Crippen LogP contribution in [0.5, 0.6) is 0 Å². The third-order valence-corrected chi connectivity index (χ3v) is 5.28. The van der Waals surface area contributed by atoms with E-state index in [1.165, 1.54) is 0 Å². The van der Waals surface area contributed by atoms with Crippen LogP contribution in [-0.4, -0.2) is 57.3 Å². The first-order chi connectivity index (χ1) is 13.1. The highest BCUT2D eigenvalue weighted by Crippen LogP contribution is 2.33. The van der Waals surface area contributed by atoms with Crippen LogP contribution in [0, 0.1) is 0 Å². The van der Waals surface area contributed by atoms with Gasteiger partial charge in [0.2, 0.25) is 5.91 Å². The maximum absolute atomic E-state index is 12.0. The molecule has 156 valence electrons. The molecule has 0 aliphatic carbocycles. The predicted octanol–water partition coefficient (Wildman–Crippen LogP) is 1.35. The standard InChI is InChI=1S/C19H27NO7S/c1-19(2)26-15(12-25-28(3,22)23)18(27-19)17-14(9-10-16(21)20-17)24-11-13-7-5-4-6-8-13/h4-8,14-15,17-18H,9-12H2,1-3H3,(H,20,21)/t14-,15-,17-,18-/m1/s1. The average molecular weight is 413 g/mol. The third-order valence-electron chi connectivity index (χ3n) is 4.71. The summed E-state index contributed by atoms with van der Waals surface area (Å²) in [5.74, 6) is -1.02. The lowest BCUT2D eigenvalue weighted by Crippen LogP contribution is -2.58. The van der Waals surface area contributed by atoms with E-state index in [4.69, 9.17) is 18.4 Å². The van der Waals surface area contributed by atoms with Gasteiger partial charge in [0.15, 0.2) is 5.79 Å². The van der Waals surface area contributed by atoms with Gasteiger partial charge in [0.1, 0.15) is 12.2 Å². The topological polar surface area (TPSA) is 100 Å². The Morgan fingerprint density at radius 2 is 1.93 bits per heavy atom. The van der Waals surface area contributed by atoms with Gasteiger partial charge in [-0.05, 0) is 25.8 Å². The van der Waals surface area contributed by atoms with Gasteiger partial charge < -0.3 is 19.5 Å². The van der Waals surface area contributed by atoms with E-state index in [0.717, 1.165) is 11.8 Å². The molecule has 1 N–H and O–H groups in total. The molecule has 1 aromatic rings. The SMILES string of the molecule is CC1(C)O[C@@H]([C@@H]2NC(=O)CC[C@H]2OCc2ccccc2)[C@@H](COS(C)(=O)=O)O1. The number of benzene rings is 1. The number of piperidine rings is 1. The van der Waals surface area contributed by atoms with Crippen LogP contribution in [-0.2, 0) is 39.9 Å². The molecule has 0 unspecified atom stereocenters. The van der Waals surface area contributed by atoms with Crippen molar-refractivity contribution in [3.05, 3.63) is 35.9 Å². The first kappa shape index (κ1) is 21.2. The van der Waals surface area contributed by atoms with Gasteiger partial charge in [-0.3, -0.25) is 8.98 Å². The summed E-state index contributed by atoms with van der Waals surface area (Å²) in [6, 6.07) is 9.28. The molecule has 2 aliphatic heterocycles. The Balaban J connectivity index is 1.73. The van der Waals surface area contributed by atoms with Crippen LogP contribution < -0.4 is 5.32 Å². The number of amides is 1. The Kier molecular flexibility index (Phi) is 6.41. The van der Waals surface area contributed by atoms with Crippen molar-refractivity contribution in [2.75, 3.05) is 12.9 Å². The molecule has 0 aromatic heterocycles. The fourth-order valence-electron chi connectivity index (χ4n) is 3.55. The van der Waals surface area contributed by atoms with Crippen molar-refractivity contribution < 1.29 is 31.6 Å². The zero-order valence-electron chi connectivity index (χ0n) is 16.3. The zero-order chi connectivity index (χ0) is 20.4. The maximum Gasteiger partial charge on any atom is 0.264 e. The van der Waals surface area contributed by atoms with Gasteiger partial charge in [-0.2, -0.15) is 8.42 Å². The molecule has 1 aromatic carbocycles. The number of hydrogen-bond acceptors (Lipinski definition) is 7. The van der Waals surface area contributed by atoms with Gasteiger partial charge in [0, 0.05) is 6.42 Å². The third kappa shape index (κ3) is 5.74. The smallest absolute Gasteiger partial charge is 0.264 e. The van der Waals surface area contributed by atoms with E-state index in [-0.39, 0.29) is 18.6 Å². The van der Waals surface area contributed by atoms with Crippen LogP contribution >= 0.6 is 0 Å². The van der Waals surface area contributed by atoms with Gasteiger partial charge >= 0.3 is 0 Å². The molecule has 0 spiro atoms. The fourth-order valence-corrected chi connectivity index (χ4v) is 3.93. The number of carbonyl (C=O) groups is 1. The highest BCUT2D eigenvalue weighted by atomic mass is 32.2. The fraction of sp³-hybridized carbons (Fsp3) is 0.632. The lowest BCUT2D eigenvalue weighted by molar-refractivity contribution is -0.158. The molecule has 3 rings (SSSR count). The molecule has 0 saturated carbocycles. The van der Waals surface area contributed by atoms with Crippen molar-refractivity contribution in [3.8, 4) is 0 Å². The number of carbonyl (C=O) groups excluding carboxylic acids is 1. The van der Waals surface area contributed by atoms with Crippen molar-refractivity contribution in [1.82, 2.24) is 5.32 Å². The molecule has 0 radical (unpaired) electrons. The number of hydrogen-bond donors (Lipinski definition) is 1. The van der Waals surface area contributed by atoms with Crippen LogP contribution in [0.15, 0.2) is 30.3 Å². The first-order valence-electron chi connectivity index (χ1n) is 9.28. The Morgan fingerprint density at radius 3 is 2.61 bits per heavy atom. The van der Waals surface area contributed by atoms with Crippen LogP contribution in [0.4, 0.5) is 0 Å². The lowest BCUT2D eigenvalue weighted by Gasteiger charge is -2.36. The molecular formula is C19H27NO7S. The summed E-state index contributed by atoms with van der Waals surface area (Å²) in [4.78, 5) is 12.0. The Bertz CT molecular complexity index is 781.